The van der Waals surface area contributed by atoms with Crippen LogP contribution in [0.5, 0.6) is 17.2 Å². The van der Waals surface area contributed by atoms with Crippen molar-refractivity contribution in [2.45, 2.75) is 27.7 Å². The number of nitrogens with one attached hydrogen (secondary N) is 1. The summed E-state index contributed by atoms with van der Waals surface area (Å²) in [4.78, 5) is 12.9. The zero-order valence-electron chi connectivity index (χ0n) is 21.5. The molecular formula is C30H31NO5. The number of carbonyl (C=O) groups excluding carboxylic acids is 1. The zero-order valence-corrected chi connectivity index (χ0v) is 21.5. The van der Waals surface area contributed by atoms with E-state index < -0.39 is 0 Å². The molecule has 1 aromatic heterocycles. The highest BCUT2D eigenvalue weighted by atomic mass is 16.5. The minimum atomic E-state index is -0.203. The predicted octanol–water partition coefficient (Wildman–Crippen LogP) is 7.17. The lowest BCUT2D eigenvalue weighted by molar-refractivity contribution is -0.111. The van der Waals surface area contributed by atoms with E-state index in [1.165, 1.54) is 0 Å². The standard InChI is InChI=1S/C30H31NO5/c1-7-35-28-16-29-24(25(17-36-29)23-14-21(33-5)10-11-27(23)34-6)15-22(28)20(4)13-30(32)31-26-12-18(2)8-9-19(26)3/h8-17H,7H2,1-6H3,(H,31,32)/b20-13+. The zero-order chi connectivity index (χ0) is 25.8. The molecule has 186 valence electrons. The molecule has 36 heavy (non-hydrogen) atoms. The summed E-state index contributed by atoms with van der Waals surface area (Å²) in [5.74, 6) is 1.86. The van der Waals surface area contributed by atoms with Crippen molar-refractivity contribution in [2.24, 2.45) is 0 Å². The monoisotopic (exact) mass is 485 g/mol. The Balaban J connectivity index is 1.78. The average Bonchev–Trinajstić information content (AvgIpc) is 3.28. The lowest BCUT2D eigenvalue weighted by Gasteiger charge is -2.13. The van der Waals surface area contributed by atoms with Gasteiger partial charge in [-0.15, -0.1) is 0 Å². The fourth-order valence-corrected chi connectivity index (χ4v) is 4.18. The van der Waals surface area contributed by atoms with E-state index >= 15 is 0 Å². The van der Waals surface area contributed by atoms with Crippen LogP contribution >= 0.6 is 0 Å². The summed E-state index contributed by atoms with van der Waals surface area (Å²) in [6.07, 6.45) is 3.30. The molecule has 0 atom stereocenters. The molecule has 6 heteroatoms. The van der Waals surface area contributed by atoms with Gasteiger partial charge in [-0.05, 0) is 74.7 Å². The first-order valence-corrected chi connectivity index (χ1v) is 11.8. The molecule has 0 bridgehead atoms. The number of allylic oxidation sites excluding steroid dienone is 1. The molecule has 0 aliphatic rings. The Morgan fingerprint density at radius 3 is 2.50 bits per heavy atom. The third-order valence-electron chi connectivity index (χ3n) is 6.10. The van der Waals surface area contributed by atoms with Gasteiger partial charge in [-0.2, -0.15) is 0 Å². The lowest BCUT2D eigenvalue weighted by atomic mass is 9.98. The van der Waals surface area contributed by atoms with Gasteiger partial charge in [0.25, 0.3) is 0 Å². The van der Waals surface area contributed by atoms with Crippen molar-refractivity contribution in [2.75, 3.05) is 26.1 Å². The molecule has 0 fully saturated rings. The first-order chi connectivity index (χ1) is 17.3. The van der Waals surface area contributed by atoms with Gasteiger partial charge in [0, 0.05) is 39.9 Å². The predicted molar refractivity (Wildman–Crippen MR) is 144 cm³/mol. The van der Waals surface area contributed by atoms with Crippen LogP contribution in [0.15, 0.2) is 65.3 Å². The van der Waals surface area contributed by atoms with Crippen LogP contribution < -0.4 is 19.5 Å². The lowest BCUT2D eigenvalue weighted by Crippen LogP contribution is -2.10. The van der Waals surface area contributed by atoms with E-state index in [0.717, 1.165) is 44.5 Å². The van der Waals surface area contributed by atoms with Crippen LogP contribution in [0.1, 0.15) is 30.5 Å². The SMILES string of the molecule is CCOc1cc2occ(-c3cc(OC)ccc3OC)c2cc1/C(C)=C/C(=O)Nc1cc(C)ccc1C. The second-order valence-corrected chi connectivity index (χ2v) is 8.63. The number of methoxy groups -OCH3 is 2. The number of benzene rings is 3. The highest BCUT2D eigenvalue weighted by Gasteiger charge is 2.18. The number of hydrogen-bond donors (Lipinski definition) is 1. The first kappa shape index (κ1) is 24.9. The van der Waals surface area contributed by atoms with Gasteiger partial charge in [-0.25, -0.2) is 0 Å². The number of furan rings is 1. The maximum atomic E-state index is 12.9. The highest BCUT2D eigenvalue weighted by molar-refractivity contribution is 6.06. The molecule has 1 amide bonds. The van der Waals surface area contributed by atoms with Crippen LogP contribution in [-0.4, -0.2) is 26.7 Å². The van der Waals surface area contributed by atoms with Crippen molar-refractivity contribution in [3.8, 4) is 28.4 Å². The Morgan fingerprint density at radius 2 is 1.78 bits per heavy atom. The van der Waals surface area contributed by atoms with E-state index in [-0.39, 0.29) is 5.91 Å². The Bertz CT molecular complexity index is 1450. The fourth-order valence-electron chi connectivity index (χ4n) is 4.18. The molecule has 0 aliphatic carbocycles. The minimum Gasteiger partial charge on any atom is -0.497 e. The second kappa shape index (κ2) is 10.6. The van der Waals surface area contributed by atoms with Crippen molar-refractivity contribution in [1.82, 2.24) is 0 Å². The number of rotatable bonds is 8. The number of fused-ring (bicyclic) bond motifs is 1. The number of hydrogen-bond acceptors (Lipinski definition) is 5. The first-order valence-electron chi connectivity index (χ1n) is 11.8. The number of ether oxygens (including phenoxy) is 3. The van der Waals surface area contributed by atoms with E-state index in [0.29, 0.717) is 29.4 Å². The van der Waals surface area contributed by atoms with Crippen LogP contribution in [0.4, 0.5) is 5.69 Å². The van der Waals surface area contributed by atoms with Gasteiger partial charge >= 0.3 is 0 Å². The van der Waals surface area contributed by atoms with Crippen molar-refractivity contribution in [1.29, 1.82) is 0 Å². The maximum Gasteiger partial charge on any atom is 0.248 e. The normalized spacial score (nSPS) is 11.4. The van der Waals surface area contributed by atoms with Crippen molar-refractivity contribution in [3.63, 3.8) is 0 Å². The highest BCUT2D eigenvalue weighted by Crippen LogP contribution is 2.41. The number of carbonyl (C=O) groups is 1. The number of amides is 1. The summed E-state index contributed by atoms with van der Waals surface area (Å²) in [6.45, 7) is 8.28. The summed E-state index contributed by atoms with van der Waals surface area (Å²) >= 11 is 0. The van der Waals surface area contributed by atoms with Gasteiger partial charge in [-0.3, -0.25) is 4.79 Å². The van der Waals surface area contributed by atoms with Crippen LogP contribution in [0.25, 0.3) is 27.7 Å². The molecule has 0 aliphatic heterocycles. The van der Waals surface area contributed by atoms with Crippen LogP contribution in [0, 0.1) is 13.8 Å². The smallest absolute Gasteiger partial charge is 0.248 e. The molecule has 0 spiro atoms. The van der Waals surface area contributed by atoms with E-state index in [2.05, 4.69) is 5.32 Å². The minimum absolute atomic E-state index is 0.203. The summed E-state index contributed by atoms with van der Waals surface area (Å²) in [7, 11) is 3.26. The maximum absolute atomic E-state index is 12.9. The van der Waals surface area contributed by atoms with Gasteiger partial charge in [-0.1, -0.05) is 12.1 Å². The van der Waals surface area contributed by atoms with Gasteiger partial charge in [0.05, 0.1) is 27.1 Å². The summed E-state index contributed by atoms with van der Waals surface area (Å²) in [5.41, 5.74) is 6.85. The quantitative estimate of drug-likeness (QED) is 0.268. The molecule has 4 aromatic rings. The molecular weight excluding hydrogens is 454 g/mol. The third kappa shape index (κ3) is 5.08. The van der Waals surface area contributed by atoms with E-state index in [4.69, 9.17) is 18.6 Å². The molecule has 3 aromatic carbocycles. The summed E-state index contributed by atoms with van der Waals surface area (Å²) in [5, 5.41) is 3.87. The van der Waals surface area contributed by atoms with Gasteiger partial charge in [0.1, 0.15) is 22.8 Å². The van der Waals surface area contributed by atoms with E-state index in [9.17, 15) is 4.79 Å². The Hall–Kier alpha value is -4.19. The van der Waals surface area contributed by atoms with Crippen molar-refractivity contribution in [3.05, 3.63) is 77.6 Å². The topological polar surface area (TPSA) is 69.9 Å². The van der Waals surface area contributed by atoms with Crippen LogP contribution in [-0.2, 0) is 4.79 Å². The largest absolute Gasteiger partial charge is 0.497 e. The van der Waals surface area contributed by atoms with Gasteiger partial charge in [0.2, 0.25) is 5.91 Å². The summed E-state index contributed by atoms with van der Waals surface area (Å²) < 4.78 is 22.9. The second-order valence-electron chi connectivity index (χ2n) is 8.63. The Morgan fingerprint density at radius 1 is 0.972 bits per heavy atom. The third-order valence-corrected chi connectivity index (χ3v) is 6.10. The van der Waals surface area contributed by atoms with E-state index in [1.807, 2.05) is 76.2 Å². The van der Waals surface area contributed by atoms with Crippen molar-refractivity contribution >= 4 is 28.1 Å². The van der Waals surface area contributed by atoms with Crippen LogP contribution in [0.2, 0.25) is 0 Å². The molecule has 0 saturated heterocycles. The molecule has 4 rings (SSSR count). The molecule has 0 unspecified atom stereocenters. The molecule has 1 N–H and O–H groups in total. The number of aryl methyl sites for hydroxylation is 2. The van der Waals surface area contributed by atoms with Gasteiger partial charge < -0.3 is 23.9 Å². The number of anilines is 1. The van der Waals surface area contributed by atoms with Crippen molar-refractivity contribution < 1.29 is 23.4 Å². The van der Waals surface area contributed by atoms with E-state index in [1.54, 1.807) is 26.6 Å². The molecule has 6 nitrogen and oxygen atoms in total. The van der Waals surface area contributed by atoms with Crippen LogP contribution in [0.3, 0.4) is 0 Å². The molecule has 0 saturated carbocycles. The van der Waals surface area contributed by atoms with Gasteiger partial charge in [0.15, 0.2) is 0 Å². The Kier molecular flexibility index (Phi) is 7.34. The summed E-state index contributed by atoms with van der Waals surface area (Å²) in [6, 6.07) is 15.5. The molecule has 0 radical (unpaired) electrons. The average molecular weight is 486 g/mol. The Labute approximate surface area is 211 Å². The molecule has 1 heterocycles. The fraction of sp³-hybridized carbons (Fsp3) is 0.233.